The first kappa shape index (κ1) is 19.0. The molecule has 0 spiro atoms. The van der Waals surface area contributed by atoms with Crippen molar-refractivity contribution in [1.29, 1.82) is 0 Å². The summed E-state index contributed by atoms with van der Waals surface area (Å²) in [5, 5.41) is 11.9. The van der Waals surface area contributed by atoms with E-state index >= 15 is 0 Å². The van der Waals surface area contributed by atoms with Crippen LogP contribution in [0.3, 0.4) is 0 Å². The molecule has 3 rings (SSSR count). The second kappa shape index (κ2) is 9.19. The average Bonchev–Trinajstić information content (AvgIpc) is 2.98. The molecule has 1 aliphatic rings. The normalized spacial score (nSPS) is 16.2. The third-order valence-electron chi connectivity index (χ3n) is 4.40. The smallest absolute Gasteiger partial charge is 0.193 e. The average molecular weight is 442 g/mol. The van der Waals surface area contributed by atoms with E-state index in [2.05, 4.69) is 34.3 Å². The molecule has 0 aromatic carbocycles. The van der Waals surface area contributed by atoms with Gasteiger partial charge in [-0.3, -0.25) is 9.39 Å². The summed E-state index contributed by atoms with van der Waals surface area (Å²) in [5.41, 5.74) is 0.892. The number of pyridine rings is 1. The van der Waals surface area contributed by atoms with E-state index in [0.29, 0.717) is 0 Å². The Kier molecular flexibility index (Phi) is 7.26. The number of guanidine groups is 1. The molecule has 1 N–H and O–H groups in total. The third-order valence-corrected chi connectivity index (χ3v) is 4.40. The van der Waals surface area contributed by atoms with E-state index in [1.165, 1.54) is 12.8 Å². The van der Waals surface area contributed by atoms with Gasteiger partial charge >= 0.3 is 0 Å². The summed E-state index contributed by atoms with van der Waals surface area (Å²) in [6.07, 6.45) is 5.30. The highest BCUT2D eigenvalue weighted by Gasteiger charge is 2.18. The van der Waals surface area contributed by atoms with E-state index in [0.717, 1.165) is 55.9 Å². The Labute approximate surface area is 160 Å². The predicted molar refractivity (Wildman–Crippen MR) is 108 cm³/mol. The van der Waals surface area contributed by atoms with Crippen LogP contribution in [-0.4, -0.2) is 51.6 Å². The summed E-state index contributed by atoms with van der Waals surface area (Å²) in [4.78, 5) is 7.17. The van der Waals surface area contributed by atoms with Crippen molar-refractivity contribution < 1.29 is 0 Å². The number of piperidine rings is 1. The molecule has 0 aliphatic carbocycles. The van der Waals surface area contributed by atoms with Crippen molar-refractivity contribution in [2.45, 2.75) is 33.1 Å². The lowest BCUT2D eigenvalue weighted by Gasteiger charge is -2.33. The van der Waals surface area contributed by atoms with Crippen molar-refractivity contribution in [3.05, 3.63) is 30.2 Å². The van der Waals surface area contributed by atoms with E-state index in [9.17, 15) is 0 Å². The van der Waals surface area contributed by atoms with Crippen LogP contribution in [0.25, 0.3) is 5.65 Å². The van der Waals surface area contributed by atoms with Gasteiger partial charge < -0.3 is 10.2 Å². The van der Waals surface area contributed by atoms with Crippen LogP contribution in [0.1, 0.15) is 32.5 Å². The van der Waals surface area contributed by atoms with Gasteiger partial charge in [0.15, 0.2) is 11.6 Å². The van der Waals surface area contributed by atoms with Crippen LogP contribution < -0.4 is 5.32 Å². The Hall–Kier alpha value is -1.38. The van der Waals surface area contributed by atoms with Crippen LogP contribution in [0.5, 0.6) is 0 Å². The van der Waals surface area contributed by atoms with E-state index in [4.69, 9.17) is 4.99 Å². The Morgan fingerprint density at radius 2 is 2.08 bits per heavy atom. The minimum absolute atomic E-state index is 0. The summed E-state index contributed by atoms with van der Waals surface area (Å²) in [6, 6.07) is 5.95. The van der Waals surface area contributed by atoms with Gasteiger partial charge in [0.25, 0.3) is 0 Å². The zero-order valence-corrected chi connectivity index (χ0v) is 16.8. The number of nitrogens with zero attached hydrogens (tertiary/aromatic N) is 5. The minimum Gasteiger partial charge on any atom is -0.357 e. The number of hydrogen-bond acceptors (Lipinski definition) is 3. The fraction of sp³-hybridized carbons (Fsp3) is 0.588. The largest absolute Gasteiger partial charge is 0.357 e. The van der Waals surface area contributed by atoms with Gasteiger partial charge in [-0.15, -0.1) is 34.2 Å². The fourth-order valence-electron chi connectivity index (χ4n) is 2.97. The van der Waals surface area contributed by atoms with Crippen molar-refractivity contribution in [3.63, 3.8) is 0 Å². The Morgan fingerprint density at radius 3 is 2.83 bits per heavy atom. The molecule has 2 aromatic heterocycles. The number of halogens is 1. The first-order valence-corrected chi connectivity index (χ1v) is 8.60. The molecule has 7 heteroatoms. The fourth-order valence-corrected chi connectivity index (χ4v) is 2.97. The first-order chi connectivity index (χ1) is 11.3. The molecule has 3 heterocycles. The van der Waals surface area contributed by atoms with Gasteiger partial charge in [0, 0.05) is 38.8 Å². The van der Waals surface area contributed by atoms with Crippen molar-refractivity contribution in [3.8, 4) is 0 Å². The predicted octanol–water partition coefficient (Wildman–Crippen LogP) is 2.59. The van der Waals surface area contributed by atoms with Gasteiger partial charge in [0.05, 0.1) is 0 Å². The number of aromatic nitrogens is 3. The molecular formula is C17H27IN6. The van der Waals surface area contributed by atoms with Crippen LogP contribution in [0.4, 0.5) is 0 Å². The highest BCUT2D eigenvalue weighted by molar-refractivity contribution is 14.0. The van der Waals surface area contributed by atoms with E-state index in [1.54, 1.807) is 0 Å². The van der Waals surface area contributed by atoms with Gasteiger partial charge in [-0.05, 0) is 37.8 Å². The highest BCUT2D eigenvalue weighted by atomic mass is 127. The van der Waals surface area contributed by atoms with Crippen LogP contribution >= 0.6 is 24.0 Å². The lowest BCUT2D eigenvalue weighted by Crippen LogP contribution is -2.45. The zero-order chi connectivity index (χ0) is 16.1. The second-order valence-electron chi connectivity index (χ2n) is 6.20. The van der Waals surface area contributed by atoms with Crippen molar-refractivity contribution in [2.75, 3.05) is 26.2 Å². The summed E-state index contributed by atoms with van der Waals surface area (Å²) in [5.74, 6) is 2.83. The lowest BCUT2D eigenvalue weighted by atomic mass is 10.00. The van der Waals surface area contributed by atoms with Crippen LogP contribution in [0.2, 0.25) is 0 Å². The standard InChI is InChI=1S/C17H26N6.HI/c1-3-18-17(22-12-8-14(2)9-13-22)19-10-7-16-21-20-15-6-4-5-11-23(15)16;/h4-6,11,14H,3,7-10,12-13H2,1-2H3,(H,18,19);1H. The SMILES string of the molecule is CCNC(=NCCc1nnc2ccccn12)N1CCC(C)CC1.I. The van der Waals surface area contributed by atoms with Crippen molar-refractivity contribution >= 4 is 35.6 Å². The number of nitrogens with one attached hydrogen (secondary N) is 1. The first-order valence-electron chi connectivity index (χ1n) is 8.60. The number of aliphatic imine (C=N–C) groups is 1. The van der Waals surface area contributed by atoms with Gasteiger partial charge in [0.2, 0.25) is 0 Å². The van der Waals surface area contributed by atoms with Crippen LogP contribution in [-0.2, 0) is 6.42 Å². The lowest BCUT2D eigenvalue weighted by molar-refractivity contribution is 0.273. The van der Waals surface area contributed by atoms with Crippen LogP contribution in [0.15, 0.2) is 29.4 Å². The van der Waals surface area contributed by atoms with Crippen molar-refractivity contribution in [2.24, 2.45) is 10.9 Å². The summed E-state index contributed by atoms with van der Waals surface area (Å²) < 4.78 is 2.03. The quantitative estimate of drug-likeness (QED) is 0.450. The molecule has 1 fully saturated rings. The maximum absolute atomic E-state index is 4.79. The molecule has 132 valence electrons. The minimum atomic E-state index is 0. The van der Waals surface area contributed by atoms with Gasteiger partial charge in [-0.2, -0.15) is 0 Å². The molecular weight excluding hydrogens is 415 g/mol. The summed E-state index contributed by atoms with van der Waals surface area (Å²) >= 11 is 0. The maximum atomic E-state index is 4.79. The van der Waals surface area contributed by atoms with E-state index in [-0.39, 0.29) is 24.0 Å². The molecule has 1 aliphatic heterocycles. The van der Waals surface area contributed by atoms with Gasteiger partial charge in [-0.25, -0.2) is 0 Å². The number of rotatable bonds is 4. The molecule has 24 heavy (non-hydrogen) atoms. The Morgan fingerprint density at radius 1 is 1.29 bits per heavy atom. The number of hydrogen-bond donors (Lipinski definition) is 1. The van der Waals surface area contributed by atoms with Gasteiger partial charge in [0.1, 0.15) is 5.82 Å². The molecule has 0 bridgehead atoms. The summed E-state index contributed by atoms with van der Waals surface area (Å²) in [6.45, 7) is 8.27. The van der Waals surface area contributed by atoms with Crippen LogP contribution in [0, 0.1) is 5.92 Å². The summed E-state index contributed by atoms with van der Waals surface area (Å²) in [7, 11) is 0. The molecule has 0 amide bonds. The van der Waals surface area contributed by atoms with Crippen molar-refractivity contribution in [1.82, 2.24) is 24.8 Å². The Balaban J connectivity index is 0.00000208. The van der Waals surface area contributed by atoms with E-state index in [1.807, 2.05) is 28.8 Å². The number of fused-ring (bicyclic) bond motifs is 1. The topological polar surface area (TPSA) is 57.8 Å². The molecule has 0 atom stereocenters. The monoisotopic (exact) mass is 442 g/mol. The molecule has 6 nitrogen and oxygen atoms in total. The maximum Gasteiger partial charge on any atom is 0.193 e. The molecule has 2 aromatic rings. The molecule has 0 radical (unpaired) electrons. The zero-order valence-electron chi connectivity index (χ0n) is 14.5. The molecule has 0 unspecified atom stereocenters. The van der Waals surface area contributed by atoms with Gasteiger partial charge in [-0.1, -0.05) is 13.0 Å². The Bertz CT molecular complexity index is 660. The number of likely N-dealkylation sites (tertiary alicyclic amines) is 1. The molecule has 1 saturated heterocycles. The van der Waals surface area contributed by atoms with E-state index < -0.39 is 0 Å². The third kappa shape index (κ3) is 4.58. The second-order valence-corrected chi connectivity index (χ2v) is 6.20. The molecule has 0 saturated carbocycles. The highest BCUT2D eigenvalue weighted by Crippen LogP contribution is 2.16.